The van der Waals surface area contributed by atoms with Crippen LogP contribution in [0.2, 0.25) is 0 Å². The number of tetrazole rings is 1. The van der Waals surface area contributed by atoms with Gasteiger partial charge in [-0.15, -0.1) is 5.10 Å². The fourth-order valence-electron chi connectivity index (χ4n) is 2.82. The summed E-state index contributed by atoms with van der Waals surface area (Å²) in [6.07, 6.45) is 2.96. The van der Waals surface area contributed by atoms with E-state index in [0.717, 1.165) is 24.0 Å². The van der Waals surface area contributed by atoms with E-state index in [-0.39, 0.29) is 18.0 Å². The lowest BCUT2D eigenvalue weighted by Gasteiger charge is -2.11. The Labute approximate surface area is 157 Å². The first-order valence-electron chi connectivity index (χ1n) is 8.78. The molecule has 0 amide bonds. The van der Waals surface area contributed by atoms with Gasteiger partial charge in [-0.25, -0.2) is 4.79 Å². The van der Waals surface area contributed by atoms with E-state index in [0.29, 0.717) is 11.3 Å². The first-order valence-corrected chi connectivity index (χ1v) is 8.78. The van der Waals surface area contributed by atoms with Gasteiger partial charge in [0.25, 0.3) is 0 Å². The number of carbonyl (C=O) groups is 2. The normalized spacial score (nSPS) is 10.6. The molecule has 0 saturated carbocycles. The minimum absolute atomic E-state index is 0.213. The second kappa shape index (κ2) is 8.35. The highest BCUT2D eigenvalue weighted by atomic mass is 16.5. The van der Waals surface area contributed by atoms with Crippen LogP contribution in [0.15, 0.2) is 48.8 Å². The zero-order valence-corrected chi connectivity index (χ0v) is 15.3. The van der Waals surface area contributed by atoms with Gasteiger partial charge in [0.15, 0.2) is 6.61 Å². The number of esters is 1. The Balaban J connectivity index is 1.76. The summed E-state index contributed by atoms with van der Waals surface area (Å²) < 4.78 is 6.66. The van der Waals surface area contributed by atoms with Crippen LogP contribution in [0.4, 0.5) is 0 Å². The molecule has 0 aliphatic heterocycles. The lowest BCUT2D eigenvalue weighted by molar-refractivity contribution is 0.0474. The van der Waals surface area contributed by atoms with Crippen LogP contribution in [0.3, 0.4) is 0 Å². The van der Waals surface area contributed by atoms with Gasteiger partial charge < -0.3 is 4.74 Å². The van der Waals surface area contributed by atoms with E-state index in [9.17, 15) is 9.59 Å². The molecule has 0 unspecified atom stereocenters. The number of carbonyl (C=O) groups excluding carboxylic acids is 2. The Morgan fingerprint density at radius 1 is 1.04 bits per heavy atom. The molecule has 27 heavy (non-hydrogen) atoms. The Hall–Kier alpha value is -3.35. The van der Waals surface area contributed by atoms with Crippen LogP contribution in [0.1, 0.15) is 45.7 Å². The maximum atomic E-state index is 12.6. The van der Waals surface area contributed by atoms with Gasteiger partial charge in [0.05, 0.1) is 11.3 Å². The van der Waals surface area contributed by atoms with Crippen LogP contribution in [-0.4, -0.2) is 38.6 Å². The van der Waals surface area contributed by atoms with Crippen molar-refractivity contribution in [2.45, 2.75) is 26.7 Å². The van der Waals surface area contributed by atoms with Gasteiger partial charge in [-0.05, 0) is 52.6 Å². The Morgan fingerprint density at radius 2 is 1.85 bits per heavy atom. The molecule has 0 atom stereocenters. The summed E-state index contributed by atoms with van der Waals surface area (Å²) in [6.45, 7) is 3.71. The third-order valence-electron chi connectivity index (χ3n) is 4.32. The van der Waals surface area contributed by atoms with Gasteiger partial charge in [-0.3, -0.25) is 4.79 Å². The molecule has 0 fully saturated rings. The van der Waals surface area contributed by atoms with Crippen molar-refractivity contribution in [2.75, 3.05) is 6.61 Å². The second-order valence-corrected chi connectivity index (χ2v) is 5.97. The first-order chi connectivity index (χ1) is 13.1. The van der Waals surface area contributed by atoms with Crippen molar-refractivity contribution in [3.05, 3.63) is 71.0 Å². The third-order valence-corrected chi connectivity index (χ3v) is 4.32. The van der Waals surface area contributed by atoms with Crippen LogP contribution >= 0.6 is 0 Å². The van der Waals surface area contributed by atoms with Gasteiger partial charge in [-0.2, -0.15) is 4.68 Å². The molecule has 3 aromatic rings. The minimum Gasteiger partial charge on any atom is -0.454 e. The molecule has 138 valence electrons. The van der Waals surface area contributed by atoms with Crippen molar-refractivity contribution in [1.29, 1.82) is 0 Å². The number of rotatable bonds is 7. The standard InChI is InChI=1S/C20H20N4O3/c1-3-14-9-10-15(4-2)17(11-14)19(25)12-27-20(26)16-7-5-6-8-18(16)24-13-21-22-23-24/h5-11,13H,3-4,12H2,1-2H3. The molecule has 0 aliphatic carbocycles. The van der Waals surface area contributed by atoms with E-state index in [2.05, 4.69) is 15.5 Å². The topological polar surface area (TPSA) is 87.0 Å². The van der Waals surface area contributed by atoms with Crippen molar-refractivity contribution in [2.24, 2.45) is 0 Å². The lowest BCUT2D eigenvalue weighted by Crippen LogP contribution is -2.17. The SMILES string of the molecule is CCc1ccc(CC)c(C(=O)COC(=O)c2ccccc2-n2cnnn2)c1. The number of aromatic nitrogens is 4. The van der Waals surface area contributed by atoms with Gasteiger partial charge in [0.2, 0.25) is 5.78 Å². The number of para-hydroxylation sites is 1. The average molecular weight is 364 g/mol. The minimum atomic E-state index is -0.598. The monoisotopic (exact) mass is 364 g/mol. The number of benzene rings is 2. The molecule has 7 heteroatoms. The summed E-state index contributed by atoms with van der Waals surface area (Å²) in [6, 6.07) is 12.7. The zero-order chi connectivity index (χ0) is 19.2. The van der Waals surface area contributed by atoms with Gasteiger partial charge >= 0.3 is 5.97 Å². The van der Waals surface area contributed by atoms with Gasteiger partial charge in [0, 0.05) is 5.56 Å². The molecule has 1 aromatic heterocycles. The quantitative estimate of drug-likeness (QED) is 0.473. The van der Waals surface area contributed by atoms with Crippen molar-refractivity contribution >= 4 is 11.8 Å². The van der Waals surface area contributed by atoms with Crippen LogP contribution in [0.25, 0.3) is 5.69 Å². The van der Waals surface area contributed by atoms with Crippen LogP contribution in [0, 0.1) is 0 Å². The molecule has 0 spiro atoms. The highest BCUT2D eigenvalue weighted by Crippen LogP contribution is 2.17. The first kappa shape index (κ1) is 18.4. The van der Waals surface area contributed by atoms with Gasteiger partial charge in [-0.1, -0.05) is 38.1 Å². The number of ketones is 1. The summed E-state index contributed by atoms with van der Waals surface area (Å²) in [5.41, 5.74) is 3.41. The third kappa shape index (κ3) is 4.08. The number of nitrogens with zero attached hydrogens (tertiary/aromatic N) is 4. The number of Topliss-reactive ketones (excluding diaryl/α,β-unsaturated/α-hetero) is 1. The fraction of sp³-hybridized carbons (Fsp3) is 0.250. The Bertz CT molecular complexity index is 952. The summed E-state index contributed by atoms with van der Waals surface area (Å²) >= 11 is 0. The van der Waals surface area contributed by atoms with Crippen LogP contribution < -0.4 is 0 Å². The van der Waals surface area contributed by atoms with Crippen molar-refractivity contribution in [1.82, 2.24) is 20.2 Å². The summed E-state index contributed by atoms with van der Waals surface area (Å²) in [5, 5.41) is 10.9. The molecule has 0 bridgehead atoms. The van der Waals surface area contributed by atoms with E-state index >= 15 is 0 Å². The molecular formula is C20H20N4O3. The van der Waals surface area contributed by atoms with Crippen molar-refractivity contribution in [3.63, 3.8) is 0 Å². The zero-order valence-electron chi connectivity index (χ0n) is 15.3. The Kier molecular flexibility index (Phi) is 5.71. The largest absolute Gasteiger partial charge is 0.454 e. The van der Waals surface area contributed by atoms with E-state index in [1.165, 1.54) is 11.0 Å². The van der Waals surface area contributed by atoms with E-state index in [1.54, 1.807) is 24.3 Å². The number of hydrogen-bond donors (Lipinski definition) is 0. The van der Waals surface area contributed by atoms with E-state index in [4.69, 9.17) is 4.74 Å². The smallest absolute Gasteiger partial charge is 0.340 e. The molecule has 0 saturated heterocycles. The highest BCUT2D eigenvalue weighted by Gasteiger charge is 2.18. The highest BCUT2D eigenvalue weighted by molar-refractivity contribution is 6.01. The maximum Gasteiger partial charge on any atom is 0.340 e. The van der Waals surface area contributed by atoms with Crippen LogP contribution in [0.5, 0.6) is 0 Å². The average Bonchev–Trinajstić information content (AvgIpc) is 3.26. The van der Waals surface area contributed by atoms with Crippen molar-refractivity contribution < 1.29 is 14.3 Å². The molecule has 0 N–H and O–H groups in total. The Morgan fingerprint density at radius 3 is 2.56 bits per heavy atom. The van der Waals surface area contributed by atoms with Crippen molar-refractivity contribution in [3.8, 4) is 5.69 Å². The van der Waals surface area contributed by atoms with Gasteiger partial charge in [0.1, 0.15) is 6.33 Å². The second-order valence-electron chi connectivity index (χ2n) is 5.97. The van der Waals surface area contributed by atoms with E-state index < -0.39 is 5.97 Å². The van der Waals surface area contributed by atoms with E-state index in [1.807, 2.05) is 32.0 Å². The van der Waals surface area contributed by atoms with Crippen LogP contribution in [-0.2, 0) is 17.6 Å². The maximum absolute atomic E-state index is 12.6. The molecule has 0 radical (unpaired) electrons. The molecule has 3 rings (SSSR count). The predicted molar refractivity (Wildman–Crippen MR) is 99.0 cm³/mol. The fourth-order valence-corrected chi connectivity index (χ4v) is 2.82. The summed E-state index contributed by atoms with van der Waals surface area (Å²) in [4.78, 5) is 25.1. The molecule has 2 aromatic carbocycles. The molecular weight excluding hydrogens is 344 g/mol. The lowest BCUT2D eigenvalue weighted by atomic mass is 9.98. The number of hydrogen-bond acceptors (Lipinski definition) is 6. The molecule has 7 nitrogen and oxygen atoms in total. The summed E-state index contributed by atoms with van der Waals surface area (Å²) in [7, 11) is 0. The molecule has 0 aliphatic rings. The number of ether oxygens (including phenoxy) is 1. The summed E-state index contributed by atoms with van der Waals surface area (Å²) in [5.74, 6) is -0.811. The predicted octanol–water partition coefficient (Wildman–Crippen LogP) is 2.83. The number of aryl methyl sites for hydroxylation is 2. The molecule has 1 heterocycles.